The van der Waals surface area contributed by atoms with E-state index < -0.39 is 0 Å². The zero-order valence-corrected chi connectivity index (χ0v) is 8.63. The predicted octanol–water partition coefficient (Wildman–Crippen LogP) is 2.84. The highest BCUT2D eigenvalue weighted by atomic mass is 31.0. The first-order chi connectivity index (χ1) is 5.65. The van der Waals surface area contributed by atoms with Gasteiger partial charge >= 0.3 is 0 Å². The molecule has 0 bridgehead atoms. The van der Waals surface area contributed by atoms with E-state index in [1.165, 1.54) is 11.6 Å². The molecule has 0 heterocycles. The molecule has 0 N–H and O–H groups in total. The lowest BCUT2D eigenvalue weighted by Crippen LogP contribution is -2.01. The Morgan fingerprint density at radius 3 is 2.67 bits per heavy atom. The fourth-order valence-electron chi connectivity index (χ4n) is 1.10. The summed E-state index contributed by atoms with van der Waals surface area (Å²) in [6, 6.07) is 5.29. The lowest BCUT2D eigenvalue weighted by molar-refractivity contribution is 0.634. The van der Waals surface area contributed by atoms with E-state index in [1.54, 1.807) is 0 Å². The molecule has 1 aromatic rings. The van der Waals surface area contributed by atoms with Crippen molar-refractivity contribution in [1.82, 2.24) is 0 Å². The molecule has 0 saturated carbocycles. The molecule has 0 aliphatic rings. The third kappa shape index (κ3) is 2.04. The van der Waals surface area contributed by atoms with Gasteiger partial charge in [0.25, 0.3) is 0 Å². The second-order valence-corrected chi connectivity index (χ2v) is 3.71. The van der Waals surface area contributed by atoms with Crippen molar-refractivity contribution in [2.24, 2.45) is 0 Å². The Labute approximate surface area is 75.4 Å². The van der Waals surface area contributed by atoms with Gasteiger partial charge in [-0.1, -0.05) is 19.9 Å². The molecule has 0 aliphatic carbocycles. The summed E-state index contributed by atoms with van der Waals surface area (Å²) in [4.78, 5) is 0. The van der Waals surface area contributed by atoms with Crippen molar-refractivity contribution in [2.45, 2.75) is 26.2 Å². The van der Waals surface area contributed by atoms with Gasteiger partial charge in [0.05, 0.1) is 0 Å². The van der Waals surface area contributed by atoms with Crippen LogP contribution in [0.25, 0.3) is 0 Å². The minimum absolute atomic E-state index is 0.146. The van der Waals surface area contributed by atoms with Crippen LogP contribution in [-0.4, -0.2) is 0 Å². The van der Waals surface area contributed by atoms with Gasteiger partial charge in [-0.05, 0) is 30.0 Å². The molecule has 2 unspecified atom stereocenters. The summed E-state index contributed by atoms with van der Waals surface area (Å²) in [6.07, 6.45) is 1.09. The topological polar surface area (TPSA) is 0 Å². The minimum Gasteiger partial charge on any atom is -0.206 e. The average Bonchev–Trinajstić information content (AvgIpc) is 2.08. The summed E-state index contributed by atoms with van der Waals surface area (Å²) in [6.45, 7) is 4.29. The van der Waals surface area contributed by atoms with E-state index >= 15 is 0 Å². The van der Waals surface area contributed by atoms with E-state index in [1.807, 2.05) is 12.1 Å². The van der Waals surface area contributed by atoms with E-state index in [-0.39, 0.29) is 5.82 Å². The molecule has 2 atom stereocenters. The van der Waals surface area contributed by atoms with Crippen molar-refractivity contribution >= 4 is 14.5 Å². The average molecular weight is 184 g/mol. The van der Waals surface area contributed by atoms with Crippen molar-refractivity contribution in [3.8, 4) is 0 Å². The summed E-state index contributed by atoms with van der Waals surface area (Å²) in [5.41, 5.74) is 1.21. The molecule has 1 rings (SSSR count). The van der Waals surface area contributed by atoms with Gasteiger partial charge in [-0.3, -0.25) is 0 Å². The summed E-state index contributed by atoms with van der Waals surface area (Å²) in [5.74, 6) is 0.372. The van der Waals surface area contributed by atoms with E-state index in [4.69, 9.17) is 0 Å². The molecule has 0 aromatic heterocycles. The smallest absolute Gasteiger partial charge is 0.130 e. The van der Waals surface area contributed by atoms with Gasteiger partial charge < -0.3 is 0 Å². The molecule has 0 saturated heterocycles. The zero-order chi connectivity index (χ0) is 9.14. The number of benzene rings is 1. The van der Waals surface area contributed by atoms with Crippen LogP contribution in [-0.2, 0) is 0 Å². The predicted molar refractivity (Wildman–Crippen MR) is 54.5 cm³/mol. The van der Waals surface area contributed by atoms with Gasteiger partial charge in [0, 0.05) is 5.30 Å². The fourth-order valence-corrected chi connectivity index (χ4v) is 1.39. The van der Waals surface area contributed by atoms with E-state index in [9.17, 15) is 4.39 Å². The Bertz CT molecular complexity index is 271. The third-order valence-electron chi connectivity index (χ3n) is 2.20. The van der Waals surface area contributed by atoms with Gasteiger partial charge in [0.15, 0.2) is 0 Å². The van der Waals surface area contributed by atoms with Crippen LogP contribution in [0.4, 0.5) is 4.39 Å². The Kier molecular flexibility index (Phi) is 3.22. The van der Waals surface area contributed by atoms with Crippen LogP contribution in [0.5, 0.6) is 0 Å². The van der Waals surface area contributed by atoms with Crippen molar-refractivity contribution in [2.75, 3.05) is 0 Å². The van der Waals surface area contributed by atoms with Crippen LogP contribution in [0.15, 0.2) is 18.2 Å². The molecule has 1 aromatic carbocycles. The van der Waals surface area contributed by atoms with Crippen LogP contribution in [0, 0.1) is 5.82 Å². The van der Waals surface area contributed by atoms with Crippen LogP contribution in [0.3, 0.4) is 0 Å². The normalized spacial score (nSPS) is 13.0. The first-order valence-corrected chi connectivity index (χ1v) is 4.77. The van der Waals surface area contributed by atoms with Gasteiger partial charge in [-0.15, -0.1) is 9.24 Å². The highest BCUT2D eigenvalue weighted by molar-refractivity contribution is 7.27. The quantitative estimate of drug-likeness (QED) is 0.620. The number of halogens is 1. The van der Waals surface area contributed by atoms with Crippen LogP contribution < -0.4 is 5.30 Å². The van der Waals surface area contributed by atoms with E-state index in [0.717, 1.165) is 6.42 Å². The lowest BCUT2D eigenvalue weighted by Gasteiger charge is -2.09. The molecule has 0 radical (unpaired) electrons. The minimum atomic E-state index is -0.146. The zero-order valence-electron chi connectivity index (χ0n) is 7.47. The summed E-state index contributed by atoms with van der Waals surface area (Å²) in [5, 5.41) is 0.660. The van der Waals surface area contributed by atoms with Crippen LogP contribution in [0.1, 0.15) is 31.7 Å². The molecule has 0 fully saturated rings. The Balaban J connectivity index is 2.96. The highest BCUT2D eigenvalue weighted by Gasteiger charge is 2.04. The third-order valence-corrected chi connectivity index (χ3v) is 2.64. The van der Waals surface area contributed by atoms with E-state index in [2.05, 4.69) is 23.1 Å². The Morgan fingerprint density at radius 2 is 2.17 bits per heavy atom. The number of hydrogen-bond acceptors (Lipinski definition) is 0. The molecule has 66 valence electrons. The largest absolute Gasteiger partial charge is 0.206 e. The number of rotatable bonds is 2. The van der Waals surface area contributed by atoms with Gasteiger partial charge in [0.2, 0.25) is 0 Å². The SMILES string of the molecule is CCC(C)c1ccc(F)c(P)c1. The molecular formula is C10H14FP. The molecule has 0 spiro atoms. The molecule has 0 aliphatic heterocycles. The van der Waals surface area contributed by atoms with Crippen molar-refractivity contribution < 1.29 is 4.39 Å². The van der Waals surface area contributed by atoms with Gasteiger partial charge in [-0.2, -0.15) is 0 Å². The van der Waals surface area contributed by atoms with Crippen molar-refractivity contribution in [1.29, 1.82) is 0 Å². The maximum atomic E-state index is 12.8. The maximum Gasteiger partial charge on any atom is 0.130 e. The molecular weight excluding hydrogens is 170 g/mol. The van der Waals surface area contributed by atoms with Gasteiger partial charge in [-0.25, -0.2) is 4.39 Å². The summed E-state index contributed by atoms with van der Waals surface area (Å²) < 4.78 is 12.8. The second-order valence-electron chi connectivity index (χ2n) is 3.09. The second kappa shape index (κ2) is 4.00. The van der Waals surface area contributed by atoms with Gasteiger partial charge in [0.1, 0.15) is 5.82 Å². The van der Waals surface area contributed by atoms with E-state index in [0.29, 0.717) is 11.2 Å². The monoisotopic (exact) mass is 184 g/mol. The molecule has 2 heteroatoms. The molecule has 12 heavy (non-hydrogen) atoms. The summed E-state index contributed by atoms with van der Waals surface area (Å²) >= 11 is 0. The molecule has 0 amide bonds. The number of hydrogen-bond donors (Lipinski definition) is 0. The van der Waals surface area contributed by atoms with Crippen LogP contribution >= 0.6 is 9.24 Å². The fraction of sp³-hybridized carbons (Fsp3) is 0.400. The maximum absolute atomic E-state index is 12.8. The van der Waals surface area contributed by atoms with Crippen molar-refractivity contribution in [3.63, 3.8) is 0 Å². The Hall–Kier alpha value is -0.420. The summed E-state index contributed by atoms with van der Waals surface area (Å²) in [7, 11) is 2.41. The standard InChI is InChI=1S/C10H14FP/c1-3-7(2)8-4-5-9(11)10(12)6-8/h4-7H,3,12H2,1-2H3. The highest BCUT2D eigenvalue weighted by Crippen LogP contribution is 2.18. The Morgan fingerprint density at radius 1 is 1.50 bits per heavy atom. The first kappa shape index (κ1) is 9.67. The van der Waals surface area contributed by atoms with Crippen LogP contribution in [0.2, 0.25) is 0 Å². The molecule has 0 nitrogen and oxygen atoms in total. The van der Waals surface area contributed by atoms with Crippen molar-refractivity contribution in [3.05, 3.63) is 29.6 Å². The lowest BCUT2D eigenvalue weighted by atomic mass is 9.99. The first-order valence-electron chi connectivity index (χ1n) is 4.20.